The minimum Gasteiger partial charge on any atom is -0.456 e. The standard InChI is InChI=1S/C74H47NO/c1-2-18-48(19-3-1)49-36-41-53(42-37-49)75(55-21-16-20-51(46-55)52-40-45-71-61(47-52)59-24-7-15-35-70(59)76-71)54-43-38-50(39-44-54)56-26-17-34-69-72(56)60-25-6-10-29-64(60)74(69)67-32-13-11-30-65(67)73(66-31-12-14-33-68(66)74)62-27-8-4-22-57(62)58-23-5-9-28-63(58)73/h1-47H. The van der Waals surface area contributed by atoms with E-state index in [9.17, 15) is 0 Å². The van der Waals surface area contributed by atoms with E-state index in [1.54, 1.807) is 0 Å². The largest absolute Gasteiger partial charge is 0.456 e. The number of anilines is 3. The first-order chi connectivity index (χ1) is 37.7. The molecule has 354 valence electrons. The van der Waals surface area contributed by atoms with Crippen LogP contribution >= 0.6 is 0 Å². The second kappa shape index (κ2) is 16.4. The lowest BCUT2D eigenvalue weighted by atomic mass is 9.52. The molecule has 2 heteroatoms. The summed E-state index contributed by atoms with van der Waals surface area (Å²) in [5, 5.41) is 2.25. The maximum Gasteiger partial charge on any atom is 0.135 e. The van der Waals surface area contributed by atoms with E-state index in [1.807, 2.05) is 12.1 Å². The molecule has 0 atom stereocenters. The SMILES string of the molecule is c1ccc(-c2ccc(N(c3ccc(-c4cccc5c4-c4ccccc4C54c5ccccc5C5(c6ccccc6-c6ccccc65)c5ccccc54)cc3)c3cccc(-c4ccc5oc6ccccc6c5c4)c3)cc2)cc1. The van der Waals surface area contributed by atoms with Crippen LogP contribution in [-0.4, -0.2) is 0 Å². The zero-order valence-corrected chi connectivity index (χ0v) is 41.5. The van der Waals surface area contributed by atoms with E-state index in [0.29, 0.717) is 0 Å². The third kappa shape index (κ3) is 5.87. The van der Waals surface area contributed by atoms with Crippen molar-refractivity contribution in [2.45, 2.75) is 10.8 Å². The number of furan rings is 1. The Hall–Kier alpha value is -9.76. The van der Waals surface area contributed by atoms with E-state index < -0.39 is 10.8 Å². The van der Waals surface area contributed by atoms with Crippen LogP contribution < -0.4 is 4.90 Å². The first-order valence-electron chi connectivity index (χ1n) is 26.4. The fourth-order valence-electron chi connectivity index (χ4n) is 13.9. The van der Waals surface area contributed by atoms with Gasteiger partial charge in [-0.2, -0.15) is 0 Å². The van der Waals surface area contributed by atoms with Gasteiger partial charge in [0, 0.05) is 27.8 Å². The number of para-hydroxylation sites is 1. The summed E-state index contributed by atoms with van der Waals surface area (Å²) in [6.45, 7) is 0. The molecule has 0 saturated heterocycles. The molecule has 0 aliphatic heterocycles. The van der Waals surface area contributed by atoms with Crippen LogP contribution in [-0.2, 0) is 10.8 Å². The van der Waals surface area contributed by atoms with Gasteiger partial charge in [0.15, 0.2) is 0 Å². The highest BCUT2D eigenvalue weighted by Gasteiger charge is 2.59. The van der Waals surface area contributed by atoms with Gasteiger partial charge >= 0.3 is 0 Å². The van der Waals surface area contributed by atoms with Crippen LogP contribution in [0, 0.1) is 0 Å². The molecule has 0 bridgehead atoms. The van der Waals surface area contributed by atoms with Crippen molar-refractivity contribution in [3.63, 3.8) is 0 Å². The normalized spacial score (nSPS) is 13.7. The molecule has 12 aromatic carbocycles. The molecular formula is C74H47NO. The summed E-state index contributed by atoms with van der Waals surface area (Å²) in [6, 6.07) is 106. The Morgan fingerprint density at radius 3 is 1.30 bits per heavy atom. The smallest absolute Gasteiger partial charge is 0.135 e. The number of hydrogen-bond donors (Lipinski definition) is 0. The molecule has 76 heavy (non-hydrogen) atoms. The predicted octanol–water partition coefficient (Wildman–Crippen LogP) is 19.1. The van der Waals surface area contributed by atoms with Gasteiger partial charge in [0.05, 0.1) is 10.8 Å². The summed E-state index contributed by atoms with van der Waals surface area (Å²) < 4.78 is 6.23. The van der Waals surface area contributed by atoms with Crippen LogP contribution in [0.1, 0.15) is 44.5 Å². The molecule has 3 aliphatic rings. The maximum absolute atomic E-state index is 6.23. The lowest BCUT2D eigenvalue weighted by Gasteiger charge is -2.48. The Morgan fingerprint density at radius 1 is 0.237 bits per heavy atom. The maximum atomic E-state index is 6.23. The average Bonchev–Trinajstić information content (AvgIpc) is 4.17. The molecule has 16 rings (SSSR count). The fourth-order valence-corrected chi connectivity index (χ4v) is 13.9. The van der Waals surface area contributed by atoms with E-state index >= 15 is 0 Å². The minimum atomic E-state index is -0.560. The van der Waals surface area contributed by atoms with Crippen LogP contribution in [0.15, 0.2) is 290 Å². The quantitative estimate of drug-likeness (QED) is 0.165. The van der Waals surface area contributed by atoms with Crippen molar-refractivity contribution < 1.29 is 4.42 Å². The lowest BCUT2D eigenvalue weighted by Crippen LogP contribution is -2.43. The molecule has 0 N–H and O–H groups in total. The first kappa shape index (κ1) is 42.7. The second-order valence-electron chi connectivity index (χ2n) is 20.6. The zero-order chi connectivity index (χ0) is 50.0. The van der Waals surface area contributed by atoms with Crippen LogP contribution in [0.5, 0.6) is 0 Å². The summed E-state index contributed by atoms with van der Waals surface area (Å²) in [6.07, 6.45) is 0. The van der Waals surface area contributed by atoms with Crippen molar-refractivity contribution >= 4 is 39.0 Å². The van der Waals surface area contributed by atoms with Crippen LogP contribution in [0.3, 0.4) is 0 Å². The lowest BCUT2D eigenvalue weighted by molar-refractivity contribution is 0.633. The van der Waals surface area contributed by atoms with E-state index in [-0.39, 0.29) is 0 Å². The van der Waals surface area contributed by atoms with Crippen molar-refractivity contribution in [3.05, 3.63) is 330 Å². The molecule has 0 fully saturated rings. The zero-order valence-electron chi connectivity index (χ0n) is 41.5. The Bertz CT molecular complexity index is 4370. The van der Waals surface area contributed by atoms with Crippen molar-refractivity contribution in [1.82, 2.24) is 0 Å². The second-order valence-corrected chi connectivity index (χ2v) is 20.6. The van der Waals surface area contributed by atoms with Gasteiger partial charge in [0.2, 0.25) is 0 Å². The van der Waals surface area contributed by atoms with Gasteiger partial charge in [-0.15, -0.1) is 0 Å². The summed E-state index contributed by atoms with van der Waals surface area (Å²) in [5.74, 6) is 0. The fraction of sp³-hybridized carbons (Fsp3) is 0.0270. The van der Waals surface area contributed by atoms with Crippen molar-refractivity contribution in [3.8, 4) is 55.6 Å². The highest BCUT2D eigenvalue weighted by molar-refractivity contribution is 6.06. The average molecular weight is 966 g/mol. The van der Waals surface area contributed by atoms with Gasteiger partial charge in [-0.3, -0.25) is 0 Å². The van der Waals surface area contributed by atoms with E-state index in [2.05, 4.69) is 278 Å². The summed E-state index contributed by atoms with van der Waals surface area (Å²) >= 11 is 0. The molecular weight excluding hydrogens is 919 g/mol. The molecule has 1 heterocycles. The van der Waals surface area contributed by atoms with E-state index in [0.717, 1.165) is 50.1 Å². The highest BCUT2D eigenvalue weighted by atomic mass is 16.3. The van der Waals surface area contributed by atoms with E-state index in [1.165, 1.54) is 89.0 Å². The molecule has 0 unspecified atom stereocenters. The summed E-state index contributed by atoms with van der Waals surface area (Å²) in [4.78, 5) is 2.39. The molecule has 3 aliphatic carbocycles. The number of rotatable bonds is 6. The molecule has 1 aromatic heterocycles. The van der Waals surface area contributed by atoms with Gasteiger partial charge < -0.3 is 9.32 Å². The van der Waals surface area contributed by atoms with Gasteiger partial charge in [0.25, 0.3) is 0 Å². The van der Waals surface area contributed by atoms with Gasteiger partial charge in [-0.1, -0.05) is 231 Å². The third-order valence-corrected chi connectivity index (χ3v) is 17.0. The Kier molecular flexibility index (Phi) is 9.20. The molecule has 0 amide bonds. The molecule has 13 aromatic rings. The monoisotopic (exact) mass is 965 g/mol. The summed E-state index contributed by atoms with van der Waals surface area (Å²) in [5.41, 5.74) is 27.0. The molecule has 0 radical (unpaired) electrons. The number of hydrogen-bond acceptors (Lipinski definition) is 2. The number of fused-ring (bicyclic) bond motifs is 19. The minimum absolute atomic E-state index is 0.480. The van der Waals surface area contributed by atoms with Crippen molar-refractivity contribution in [2.24, 2.45) is 0 Å². The molecule has 2 nitrogen and oxygen atoms in total. The van der Waals surface area contributed by atoms with Crippen LogP contribution in [0.2, 0.25) is 0 Å². The van der Waals surface area contributed by atoms with Gasteiger partial charge in [-0.05, 0) is 155 Å². The van der Waals surface area contributed by atoms with Crippen LogP contribution in [0.4, 0.5) is 17.1 Å². The Morgan fingerprint density at radius 2 is 0.658 bits per heavy atom. The predicted molar refractivity (Wildman–Crippen MR) is 313 cm³/mol. The first-order valence-corrected chi connectivity index (χ1v) is 26.4. The van der Waals surface area contributed by atoms with E-state index in [4.69, 9.17) is 4.42 Å². The van der Waals surface area contributed by atoms with Gasteiger partial charge in [0.1, 0.15) is 11.2 Å². The van der Waals surface area contributed by atoms with Crippen molar-refractivity contribution in [2.75, 3.05) is 4.90 Å². The molecule has 2 spiro atoms. The number of benzene rings is 12. The summed E-state index contributed by atoms with van der Waals surface area (Å²) in [7, 11) is 0. The van der Waals surface area contributed by atoms with Crippen LogP contribution in [0.25, 0.3) is 77.6 Å². The highest BCUT2D eigenvalue weighted by Crippen LogP contribution is 2.68. The Balaban J connectivity index is 0.854. The Labute approximate surface area is 442 Å². The number of nitrogens with zero attached hydrogens (tertiary/aromatic N) is 1. The topological polar surface area (TPSA) is 16.4 Å². The van der Waals surface area contributed by atoms with Crippen molar-refractivity contribution in [1.29, 1.82) is 0 Å². The van der Waals surface area contributed by atoms with Gasteiger partial charge in [-0.25, -0.2) is 0 Å². The third-order valence-electron chi connectivity index (χ3n) is 17.0. The molecule has 0 saturated carbocycles.